The first-order valence-electron chi connectivity index (χ1n) is 2.66. The molecule has 1 heterocycles. The van der Waals surface area contributed by atoms with Crippen LogP contribution in [0.2, 0.25) is 0 Å². The average molecular weight is 164 g/mol. The Labute approximate surface area is 63.8 Å². The number of hydrogen-bond acceptors (Lipinski definition) is 3. The molecule has 0 aromatic heterocycles. The fraction of sp³-hybridized carbons (Fsp3) is 0.800. The molecule has 0 radical (unpaired) electrons. The van der Waals surface area contributed by atoms with Crippen LogP contribution < -0.4 is 0 Å². The molecule has 8 heavy (non-hydrogen) atoms. The quantitative estimate of drug-likeness (QED) is 0.547. The van der Waals surface area contributed by atoms with E-state index < -0.39 is 0 Å². The molecule has 1 atom stereocenters. The largest absolute Gasteiger partial charge is 0.107 e. The van der Waals surface area contributed by atoms with E-state index in [-0.39, 0.29) is 0 Å². The Morgan fingerprint density at radius 1 is 1.88 bits per heavy atom. The molecule has 3 heteroatoms. The van der Waals surface area contributed by atoms with Crippen LogP contribution in [-0.4, -0.2) is 14.5 Å². The van der Waals surface area contributed by atoms with Gasteiger partial charge in [0.2, 0.25) is 0 Å². The van der Waals surface area contributed by atoms with Crippen LogP contribution in [0.25, 0.3) is 0 Å². The predicted molar refractivity (Wildman–Crippen MR) is 46.7 cm³/mol. The summed E-state index contributed by atoms with van der Waals surface area (Å²) in [5, 5.41) is 0.812. The van der Waals surface area contributed by atoms with Gasteiger partial charge in [-0.05, 0) is 6.42 Å². The number of rotatable bonds is 1. The van der Waals surface area contributed by atoms with Crippen molar-refractivity contribution >= 4 is 39.3 Å². The molecule has 0 aromatic carbocycles. The third-order valence-electron chi connectivity index (χ3n) is 1.11. The molecule has 0 aromatic rings. The smallest absolute Gasteiger partial charge is 0.104 e. The zero-order valence-corrected chi connectivity index (χ0v) is 7.17. The van der Waals surface area contributed by atoms with E-state index in [0.717, 1.165) is 8.78 Å². The molecule has 0 saturated carbocycles. The van der Waals surface area contributed by atoms with Crippen LogP contribution in [0.5, 0.6) is 0 Å². The Bertz CT molecular complexity index is 99.8. The summed E-state index contributed by atoms with van der Waals surface area (Å²) >= 11 is 8.67. The Kier molecular flexibility index (Phi) is 2.66. The van der Waals surface area contributed by atoms with Gasteiger partial charge < -0.3 is 0 Å². The summed E-state index contributed by atoms with van der Waals surface area (Å²) in [6.07, 6.45) is 1.26. The van der Waals surface area contributed by atoms with Gasteiger partial charge in [0.1, 0.15) is 3.53 Å². The minimum Gasteiger partial charge on any atom is -0.107 e. The zero-order chi connectivity index (χ0) is 5.98. The molecule has 1 unspecified atom stereocenters. The number of thioether (sulfide) groups is 2. The van der Waals surface area contributed by atoms with E-state index in [2.05, 4.69) is 6.92 Å². The van der Waals surface area contributed by atoms with Crippen molar-refractivity contribution in [3.8, 4) is 0 Å². The second-order valence-electron chi connectivity index (χ2n) is 1.71. The van der Waals surface area contributed by atoms with Crippen molar-refractivity contribution in [2.45, 2.75) is 18.6 Å². The maximum absolute atomic E-state index is 4.99. The lowest BCUT2D eigenvalue weighted by Crippen LogP contribution is -1.95. The van der Waals surface area contributed by atoms with Crippen LogP contribution >= 0.6 is 35.7 Å². The van der Waals surface area contributed by atoms with Gasteiger partial charge in [-0.2, -0.15) is 0 Å². The van der Waals surface area contributed by atoms with Gasteiger partial charge >= 0.3 is 0 Å². The van der Waals surface area contributed by atoms with Crippen LogP contribution in [0, 0.1) is 0 Å². The first-order valence-corrected chi connectivity index (χ1v) is 4.93. The Morgan fingerprint density at radius 2 is 2.62 bits per heavy atom. The summed E-state index contributed by atoms with van der Waals surface area (Å²) in [6.45, 7) is 2.21. The van der Waals surface area contributed by atoms with Crippen LogP contribution in [0.4, 0.5) is 0 Å². The van der Waals surface area contributed by atoms with Crippen molar-refractivity contribution in [1.29, 1.82) is 0 Å². The van der Waals surface area contributed by atoms with E-state index in [1.54, 1.807) is 0 Å². The Balaban J connectivity index is 2.32. The van der Waals surface area contributed by atoms with Crippen LogP contribution in [0.15, 0.2) is 0 Å². The van der Waals surface area contributed by atoms with Crippen molar-refractivity contribution in [2.24, 2.45) is 0 Å². The highest BCUT2D eigenvalue weighted by molar-refractivity contribution is 8.49. The van der Waals surface area contributed by atoms with Crippen molar-refractivity contribution in [3.05, 3.63) is 0 Å². The van der Waals surface area contributed by atoms with E-state index in [1.807, 2.05) is 23.5 Å². The van der Waals surface area contributed by atoms with Crippen LogP contribution in [-0.2, 0) is 0 Å². The molecule has 0 amide bonds. The molecule has 1 aliphatic rings. The molecule has 0 bridgehead atoms. The van der Waals surface area contributed by atoms with Gasteiger partial charge in [0.15, 0.2) is 0 Å². The summed E-state index contributed by atoms with van der Waals surface area (Å²) in [4.78, 5) is 0. The molecule has 1 fully saturated rings. The van der Waals surface area contributed by atoms with Crippen molar-refractivity contribution in [3.63, 3.8) is 0 Å². The van der Waals surface area contributed by atoms with E-state index in [9.17, 15) is 0 Å². The SMILES string of the molecule is CCC1CSC(=S)S1. The van der Waals surface area contributed by atoms with E-state index >= 15 is 0 Å². The van der Waals surface area contributed by atoms with Gasteiger partial charge in [-0.3, -0.25) is 0 Å². The van der Waals surface area contributed by atoms with Gasteiger partial charge in [-0.15, -0.1) is 23.5 Å². The second kappa shape index (κ2) is 3.08. The number of hydrogen-bond donors (Lipinski definition) is 0. The normalized spacial score (nSPS) is 29.1. The lowest BCUT2D eigenvalue weighted by atomic mass is 10.4. The molecule has 0 N–H and O–H groups in total. The topological polar surface area (TPSA) is 0 Å². The monoisotopic (exact) mass is 164 g/mol. The van der Waals surface area contributed by atoms with E-state index in [1.165, 1.54) is 12.2 Å². The van der Waals surface area contributed by atoms with Crippen molar-refractivity contribution < 1.29 is 0 Å². The summed E-state index contributed by atoms with van der Waals surface area (Å²) in [5.74, 6) is 1.24. The molecule has 46 valence electrons. The molecule has 0 nitrogen and oxygen atoms in total. The van der Waals surface area contributed by atoms with Gasteiger partial charge in [-0.25, -0.2) is 0 Å². The second-order valence-corrected chi connectivity index (χ2v) is 5.23. The highest BCUT2D eigenvalue weighted by Gasteiger charge is 2.18. The first-order chi connectivity index (χ1) is 3.83. The highest BCUT2D eigenvalue weighted by Crippen LogP contribution is 2.34. The van der Waals surface area contributed by atoms with Crippen molar-refractivity contribution in [2.75, 3.05) is 5.75 Å². The summed E-state index contributed by atoms with van der Waals surface area (Å²) in [6, 6.07) is 0. The lowest BCUT2D eigenvalue weighted by Gasteiger charge is -1.97. The van der Waals surface area contributed by atoms with Crippen LogP contribution in [0.3, 0.4) is 0 Å². The third kappa shape index (κ3) is 1.64. The predicted octanol–water partition coefficient (Wildman–Crippen LogP) is 2.53. The molecule has 1 aliphatic heterocycles. The van der Waals surface area contributed by atoms with Gasteiger partial charge in [0.25, 0.3) is 0 Å². The first kappa shape index (κ1) is 6.90. The van der Waals surface area contributed by atoms with E-state index in [0.29, 0.717) is 0 Å². The number of thiocarbonyl (C=S) groups is 1. The Morgan fingerprint density at radius 3 is 2.88 bits per heavy atom. The molecular weight excluding hydrogens is 156 g/mol. The highest BCUT2D eigenvalue weighted by atomic mass is 32.2. The lowest BCUT2D eigenvalue weighted by molar-refractivity contribution is 0.926. The standard InChI is InChI=1S/C5H8S3/c1-2-4-3-7-5(6)8-4/h4H,2-3H2,1H3. The fourth-order valence-electron chi connectivity index (χ4n) is 0.566. The maximum Gasteiger partial charge on any atom is 0.104 e. The third-order valence-corrected chi connectivity index (χ3v) is 4.43. The summed E-state index contributed by atoms with van der Waals surface area (Å²) in [7, 11) is 0. The minimum atomic E-state index is 0.812. The van der Waals surface area contributed by atoms with E-state index in [4.69, 9.17) is 12.2 Å². The molecule has 1 saturated heterocycles. The van der Waals surface area contributed by atoms with Crippen LogP contribution in [0.1, 0.15) is 13.3 Å². The fourth-order valence-corrected chi connectivity index (χ4v) is 3.54. The van der Waals surface area contributed by atoms with Crippen molar-refractivity contribution in [1.82, 2.24) is 0 Å². The molecular formula is C5H8S3. The molecule has 1 rings (SSSR count). The van der Waals surface area contributed by atoms with Gasteiger partial charge in [0, 0.05) is 11.0 Å². The average Bonchev–Trinajstić information content (AvgIpc) is 2.14. The van der Waals surface area contributed by atoms with Gasteiger partial charge in [-0.1, -0.05) is 19.1 Å². The maximum atomic E-state index is 4.99. The minimum absolute atomic E-state index is 0.812. The van der Waals surface area contributed by atoms with Gasteiger partial charge in [0.05, 0.1) is 0 Å². The molecule has 0 aliphatic carbocycles. The summed E-state index contributed by atoms with van der Waals surface area (Å²) < 4.78 is 1.14. The Hall–Kier alpha value is 0.790. The summed E-state index contributed by atoms with van der Waals surface area (Å²) in [5.41, 5.74) is 0. The molecule has 0 spiro atoms. The zero-order valence-electron chi connectivity index (χ0n) is 4.72.